The summed E-state index contributed by atoms with van der Waals surface area (Å²) in [5, 5.41) is 0. The molecule has 0 spiro atoms. The highest BCUT2D eigenvalue weighted by molar-refractivity contribution is 5.67. The maximum absolute atomic E-state index is 6.40. The van der Waals surface area contributed by atoms with Gasteiger partial charge >= 0.3 is 0 Å². The molecule has 0 radical (unpaired) electrons. The molecule has 0 aliphatic rings. The Bertz CT molecular complexity index is 1050. The normalized spacial score (nSPS) is 12.1. The fraction of sp³-hybridized carbons (Fsp3) is 0.160. The van der Waals surface area contributed by atoms with E-state index in [-0.39, 0.29) is 6.10 Å². The summed E-state index contributed by atoms with van der Waals surface area (Å²) < 4.78 is 8.42. The summed E-state index contributed by atoms with van der Waals surface area (Å²) in [7, 11) is 2.01. The highest BCUT2D eigenvalue weighted by Crippen LogP contribution is 2.31. The molecule has 140 valence electrons. The van der Waals surface area contributed by atoms with Crippen molar-refractivity contribution in [3.63, 3.8) is 0 Å². The maximum atomic E-state index is 6.40. The summed E-state index contributed by atoms with van der Waals surface area (Å²) >= 11 is 0. The summed E-state index contributed by atoms with van der Waals surface area (Å²) in [5.41, 5.74) is 7.03. The van der Waals surface area contributed by atoms with Crippen LogP contribution < -0.4 is 0 Å². The average molecular weight is 368 g/mol. The first-order chi connectivity index (χ1) is 13.7. The van der Waals surface area contributed by atoms with Crippen LogP contribution in [0.3, 0.4) is 0 Å². The predicted octanol–water partition coefficient (Wildman–Crippen LogP) is 5.70. The number of rotatable bonds is 6. The number of ether oxygens (including phenoxy) is 1. The lowest BCUT2D eigenvalue weighted by molar-refractivity contribution is 0.0622. The molecule has 4 aromatic rings. The van der Waals surface area contributed by atoms with Crippen molar-refractivity contribution in [1.82, 2.24) is 9.55 Å². The molecule has 1 aromatic heterocycles. The first-order valence-electron chi connectivity index (χ1n) is 9.50. The van der Waals surface area contributed by atoms with Gasteiger partial charge in [-0.1, -0.05) is 72.8 Å². The summed E-state index contributed by atoms with van der Waals surface area (Å²) in [4.78, 5) is 4.30. The second-order valence-electron chi connectivity index (χ2n) is 7.05. The Kier molecular flexibility index (Phi) is 5.36. The van der Waals surface area contributed by atoms with Crippen LogP contribution in [0.2, 0.25) is 0 Å². The second-order valence-corrected chi connectivity index (χ2v) is 7.05. The van der Waals surface area contributed by atoms with E-state index < -0.39 is 0 Å². The van der Waals surface area contributed by atoms with Crippen molar-refractivity contribution in [1.29, 1.82) is 0 Å². The van der Waals surface area contributed by atoms with Crippen LogP contribution in [-0.4, -0.2) is 9.55 Å². The van der Waals surface area contributed by atoms with Gasteiger partial charge in [-0.25, -0.2) is 4.98 Å². The quantitative estimate of drug-likeness (QED) is 0.436. The molecule has 1 heterocycles. The summed E-state index contributed by atoms with van der Waals surface area (Å²) in [6, 6.07) is 27.4. The minimum absolute atomic E-state index is 0.184. The third-order valence-corrected chi connectivity index (χ3v) is 5.03. The van der Waals surface area contributed by atoms with E-state index >= 15 is 0 Å². The van der Waals surface area contributed by atoms with E-state index in [0.717, 1.165) is 16.8 Å². The highest BCUT2D eigenvalue weighted by atomic mass is 16.5. The van der Waals surface area contributed by atoms with Gasteiger partial charge in [0.2, 0.25) is 0 Å². The third kappa shape index (κ3) is 3.90. The maximum Gasteiger partial charge on any atom is 0.124 e. The van der Waals surface area contributed by atoms with Crippen molar-refractivity contribution < 1.29 is 4.74 Å². The van der Waals surface area contributed by atoms with Crippen LogP contribution in [0.5, 0.6) is 0 Å². The zero-order valence-corrected chi connectivity index (χ0v) is 16.2. The molecule has 3 heteroatoms. The Hall–Kier alpha value is -3.17. The van der Waals surface area contributed by atoms with Crippen LogP contribution in [0.1, 0.15) is 28.5 Å². The van der Waals surface area contributed by atoms with Crippen molar-refractivity contribution in [2.24, 2.45) is 7.05 Å². The first kappa shape index (κ1) is 18.2. The van der Waals surface area contributed by atoms with Gasteiger partial charge in [0.15, 0.2) is 0 Å². The largest absolute Gasteiger partial charge is 0.363 e. The van der Waals surface area contributed by atoms with Gasteiger partial charge in [-0.15, -0.1) is 0 Å². The highest BCUT2D eigenvalue weighted by Gasteiger charge is 2.19. The minimum atomic E-state index is -0.184. The zero-order valence-electron chi connectivity index (χ0n) is 16.2. The molecule has 1 unspecified atom stereocenters. The molecule has 0 fully saturated rings. The van der Waals surface area contributed by atoms with Crippen molar-refractivity contribution >= 4 is 0 Å². The van der Waals surface area contributed by atoms with E-state index in [4.69, 9.17) is 4.74 Å². The van der Waals surface area contributed by atoms with Crippen molar-refractivity contribution in [2.45, 2.75) is 19.6 Å². The molecule has 0 saturated heterocycles. The molecular weight excluding hydrogens is 344 g/mol. The Morgan fingerprint density at radius 2 is 1.71 bits per heavy atom. The molecule has 28 heavy (non-hydrogen) atoms. The molecule has 1 atom stereocenters. The molecule has 0 bridgehead atoms. The smallest absolute Gasteiger partial charge is 0.124 e. The number of benzene rings is 3. The Balaban J connectivity index is 1.70. The number of hydrogen-bond donors (Lipinski definition) is 0. The van der Waals surface area contributed by atoms with Crippen LogP contribution in [0, 0.1) is 6.92 Å². The number of aryl methyl sites for hydroxylation is 2. The summed E-state index contributed by atoms with van der Waals surface area (Å²) in [6.07, 6.45) is 3.52. The van der Waals surface area contributed by atoms with E-state index in [1.807, 2.05) is 42.3 Å². The SMILES string of the molecule is Cc1ccccc1-c1cccc(C(OCc2ccccc2)c2cncn2C)c1. The van der Waals surface area contributed by atoms with Crippen LogP contribution in [0.25, 0.3) is 11.1 Å². The lowest BCUT2D eigenvalue weighted by Gasteiger charge is -2.20. The lowest BCUT2D eigenvalue weighted by Crippen LogP contribution is -2.10. The fourth-order valence-corrected chi connectivity index (χ4v) is 3.49. The summed E-state index contributed by atoms with van der Waals surface area (Å²) in [5.74, 6) is 0. The molecule has 0 aliphatic carbocycles. The summed E-state index contributed by atoms with van der Waals surface area (Å²) in [6.45, 7) is 2.69. The number of imidazole rings is 1. The van der Waals surface area contributed by atoms with Crippen molar-refractivity contribution in [3.05, 3.63) is 114 Å². The molecule has 3 nitrogen and oxygen atoms in total. The second kappa shape index (κ2) is 8.24. The van der Waals surface area contributed by atoms with Gasteiger partial charge in [-0.3, -0.25) is 0 Å². The van der Waals surface area contributed by atoms with E-state index in [2.05, 4.69) is 72.6 Å². The van der Waals surface area contributed by atoms with Crippen LogP contribution in [0.15, 0.2) is 91.4 Å². The van der Waals surface area contributed by atoms with Crippen LogP contribution >= 0.6 is 0 Å². The van der Waals surface area contributed by atoms with Gasteiger partial charge in [0.1, 0.15) is 6.10 Å². The van der Waals surface area contributed by atoms with Gasteiger partial charge in [0, 0.05) is 7.05 Å². The van der Waals surface area contributed by atoms with Crippen molar-refractivity contribution in [3.8, 4) is 11.1 Å². The first-order valence-corrected chi connectivity index (χ1v) is 9.50. The van der Waals surface area contributed by atoms with E-state index in [9.17, 15) is 0 Å². The molecule has 4 rings (SSSR count). The molecule has 0 amide bonds. The Labute approximate surface area is 166 Å². The van der Waals surface area contributed by atoms with Gasteiger partial charge in [0.25, 0.3) is 0 Å². The molecule has 0 N–H and O–H groups in total. The fourth-order valence-electron chi connectivity index (χ4n) is 3.49. The van der Waals surface area contributed by atoms with Gasteiger partial charge in [0.05, 0.1) is 24.8 Å². The van der Waals surface area contributed by atoms with Crippen molar-refractivity contribution in [2.75, 3.05) is 0 Å². The van der Waals surface area contributed by atoms with Gasteiger partial charge in [-0.2, -0.15) is 0 Å². The number of aromatic nitrogens is 2. The number of nitrogens with zero attached hydrogens (tertiary/aromatic N) is 2. The van der Waals surface area contributed by atoms with Gasteiger partial charge < -0.3 is 9.30 Å². The zero-order chi connectivity index (χ0) is 19.3. The molecule has 0 saturated carbocycles. The van der Waals surface area contributed by atoms with Gasteiger partial charge in [-0.05, 0) is 40.8 Å². The number of hydrogen-bond acceptors (Lipinski definition) is 2. The van der Waals surface area contributed by atoms with E-state index in [1.165, 1.54) is 16.7 Å². The minimum Gasteiger partial charge on any atom is -0.363 e. The molecule has 3 aromatic carbocycles. The standard InChI is InChI=1S/C25H24N2O/c1-19-9-6-7-14-23(19)21-12-8-13-22(15-21)25(24-16-26-18-27(24)2)28-17-20-10-4-3-5-11-20/h3-16,18,25H,17H2,1-2H3. The van der Waals surface area contributed by atoms with E-state index in [0.29, 0.717) is 6.61 Å². The Morgan fingerprint density at radius 3 is 2.46 bits per heavy atom. The molecular formula is C25H24N2O. The van der Waals surface area contributed by atoms with Crippen LogP contribution in [-0.2, 0) is 18.4 Å². The lowest BCUT2D eigenvalue weighted by atomic mass is 9.96. The predicted molar refractivity (Wildman–Crippen MR) is 113 cm³/mol. The van der Waals surface area contributed by atoms with Crippen LogP contribution in [0.4, 0.5) is 0 Å². The molecule has 0 aliphatic heterocycles. The average Bonchev–Trinajstić information content (AvgIpc) is 3.15. The Morgan fingerprint density at radius 1 is 0.929 bits per heavy atom. The monoisotopic (exact) mass is 368 g/mol. The topological polar surface area (TPSA) is 27.1 Å². The van der Waals surface area contributed by atoms with E-state index in [1.54, 1.807) is 0 Å². The third-order valence-electron chi connectivity index (χ3n) is 5.03.